The van der Waals surface area contributed by atoms with E-state index in [1.807, 2.05) is 30.3 Å². The van der Waals surface area contributed by atoms with Crippen LogP contribution in [0, 0.1) is 0 Å². The number of hydrogen-bond donors (Lipinski definition) is 1. The van der Waals surface area contributed by atoms with Crippen LogP contribution >= 0.6 is 0 Å². The van der Waals surface area contributed by atoms with Gasteiger partial charge >= 0.3 is 5.97 Å². The van der Waals surface area contributed by atoms with Crippen LogP contribution in [-0.2, 0) is 9.53 Å². The second kappa shape index (κ2) is 6.66. The standard InChI is InChI=1S/C14H16O3/c1-3-8-12(11-9-6-5-7-10-11)13(15)14(16)17-4-2/h3,5-10,13,15H,1,4H2,2H3/b12-8+/t13-/m0/s1. The molecule has 0 amide bonds. The molecule has 0 aliphatic carbocycles. The highest BCUT2D eigenvalue weighted by Gasteiger charge is 2.21. The lowest BCUT2D eigenvalue weighted by molar-refractivity contribution is -0.149. The van der Waals surface area contributed by atoms with Gasteiger partial charge in [-0.25, -0.2) is 4.79 Å². The Labute approximate surface area is 101 Å². The van der Waals surface area contributed by atoms with Crippen molar-refractivity contribution < 1.29 is 14.6 Å². The highest BCUT2D eigenvalue weighted by Crippen LogP contribution is 2.19. The summed E-state index contributed by atoms with van der Waals surface area (Å²) in [4.78, 5) is 11.5. The third kappa shape index (κ3) is 3.57. The molecule has 0 radical (unpaired) electrons. The Morgan fingerprint density at radius 3 is 2.65 bits per heavy atom. The van der Waals surface area contributed by atoms with Crippen molar-refractivity contribution in [2.75, 3.05) is 6.61 Å². The fraction of sp³-hybridized carbons (Fsp3) is 0.214. The number of aliphatic hydroxyl groups is 1. The number of aliphatic hydroxyl groups excluding tert-OH is 1. The lowest BCUT2D eigenvalue weighted by Gasteiger charge is -2.13. The first-order valence-electron chi connectivity index (χ1n) is 5.43. The van der Waals surface area contributed by atoms with E-state index in [0.717, 1.165) is 5.56 Å². The molecule has 90 valence electrons. The molecule has 0 heterocycles. The summed E-state index contributed by atoms with van der Waals surface area (Å²) in [6.45, 7) is 5.51. The molecule has 3 heteroatoms. The Morgan fingerprint density at radius 2 is 2.12 bits per heavy atom. The average molecular weight is 232 g/mol. The lowest BCUT2D eigenvalue weighted by Crippen LogP contribution is -2.24. The Balaban J connectivity index is 2.99. The van der Waals surface area contributed by atoms with E-state index in [1.54, 1.807) is 13.0 Å². The maximum atomic E-state index is 11.5. The van der Waals surface area contributed by atoms with Crippen LogP contribution in [0.4, 0.5) is 0 Å². The average Bonchev–Trinajstić information content (AvgIpc) is 2.36. The van der Waals surface area contributed by atoms with Gasteiger partial charge in [0, 0.05) is 0 Å². The van der Waals surface area contributed by atoms with Gasteiger partial charge < -0.3 is 9.84 Å². The Bertz CT molecular complexity index is 407. The van der Waals surface area contributed by atoms with Crippen LogP contribution in [0.2, 0.25) is 0 Å². The lowest BCUT2D eigenvalue weighted by atomic mass is 10.00. The van der Waals surface area contributed by atoms with Gasteiger partial charge in [-0.1, -0.05) is 49.1 Å². The van der Waals surface area contributed by atoms with Crippen molar-refractivity contribution in [3.05, 3.63) is 54.6 Å². The first kappa shape index (κ1) is 13.2. The van der Waals surface area contributed by atoms with Crippen LogP contribution in [0.15, 0.2) is 49.1 Å². The zero-order valence-corrected chi connectivity index (χ0v) is 9.80. The second-order valence-corrected chi connectivity index (χ2v) is 3.38. The van der Waals surface area contributed by atoms with Crippen LogP contribution in [0.1, 0.15) is 12.5 Å². The smallest absolute Gasteiger partial charge is 0.339 e. The summed E-state index contributed by atoms with van der Waals surface area (Å²) in [6, 6.07) is 9.18. The SMILES string of the molecule is C=C/C=C(\c1ccccc1)[C@H](O)C(=O)OCC. The third-order valence-corrected chi connectivity index (χ3v) is 2.21. The number of hydrogen-bond acceptors (Lipinski definition) is 3. The Kier molecular flexibility index (Phi) is 5.17. The monoisotopic (exact) mass is 232 g/mol. The first-order chi connectivity index (χ1) is 8.20. The van der Waals surface area contributed by atoms with E-state index in [2.05, 4.69) is 6.58 Å². The van der Waals surface area contributed by atoms with Gasteiger partial charge in [-0.3, -0.25) is 0 Å². The number of ether oxygens (including phenoxy) is 1. The molecular formula is C14H16O3. The zero-order valence-electron chi connectivity index (χ0n) is 9.80. The summed E-state index contributed by atoms with van der Waals surface area (Å²) in [6.07, 6.45) is 1.86. The number of allylic oxidation sites excluding steroid dienone is 2. The van der Waals surface area contributed by atoms with E-state index in [4.69, 9.17) is 4.74 Å². The van der Waals surface area contributed by atoms with Gasteiger partial charge in [-0.15, -0.1) is 0 Å². The van der Waals surface area contributed by atoms with Gasteiger partial charge in [0.25, 0.3) is 0 Å². The minimum absolute atomic E-state index is 0.242. The van der Waals surface area contributed by atoms with Crippen LogP contribution < -0.4 is 0 Å². The summed E-state index contributed by atoms with van der Waals surface area (Å²) in [7, 11) is 0. The molecule has 0 saturated carbocycles. The van der Waals surface area contributed by atoms with Crippen molar-refractivity contribution in [1.29, 1.82) is 0 Å². The summed E-state index contributed by atoms with van der Waals surface area (Å²) in [5.74, 6) is -0.649. The fourth-order valence-electron chi connectivity index (χ4n) is 1.45. The fourth-order valence-corrected chi connectivity index (χ4v) is 1.45. The molecule has 0 aliphatic rings. The Hall–Kier alpha value is -1.87. The molecule has 0 unspecified atom stereocenters. The molecule has 0 aromatic heterocycles. The van der Waals surface area contributed by atoms with Gasteiger partial charge in [0.1, 0.15) is 0 Å². The van der Waals surface area contributed by atoms with E-state index in [-0.39, 0.29) is 6.61 Å². The summed E-state index contributed by atoms with van der Waals surface area (Å²) < 4.78 is 4.79. The maximum absolute atomic E-state index is 11.5. The highest BCUT2D eigenvalue weighted by molar-refractivity contribution is 5.91. The van der Waals surface area contributed by atoms with Crippen molar-refractivity contribution in [2.45, 2.75) is 13.0 Å². The van der Waals surface area contributed by atoms with E-state index < -0.39 is 12.1 Å². The van der Waals surface area contributed by atoms with Gasteiger partial charge in [0.15, 0.2) is 6.10 Å². The first-order valence-corrected chi connectivity index (χ1v) is 5.43. The summed E-state index contributed by atoms with van der Waals surface area (Å²) >= 11 is 0. The quantitative estimate of drug-likeness (QED) is 0.625. The molecule has 1 rings (SSSR count). The molecule has 17 heavy (non-hydrogen) atoms. The number of esters is 1. The van der Waals surface area contributed by atoms with E-state index >= 15 is 0 Å². The predicted octanol–water partition coefficient (Wildman–Crippen LogP) is 2.18. The number of benzene rings is 1. The van der Waals surface area contributed by atoms with E-state index in [0.29, 0.717) is 5.57 Å². The van der Waals surface area contributed by atoms with E-state index in [9.17, 15) is 9.90 Å². The van der Waals surface area contributed by atoms with Gasteiger partial charge in [0.2, 0.25) is 0 Å². The molecule has 0 saturated heterocycles. The minimum atomic E-state index is -1.28. The highest BCUT2D eigenvalue weighted by atomic mass is 16.5. The van der Waals surface area contributed by atoms with Crippen molar-refractivity contribution in [1.82, 2.24) is 0 Å². The van der Waals surface area contributed by atoms with Crippen molar-refractivity contribution in [3.8, 4) is 0 Å². The molecule has 1 N–H and O–H groups in total. The topological polar surface area (TPSA) is 46.5 Å². The molecule has 1 atom stereocenters. The number of rotatable bonds is 5. The molecule has 0 aliphatic heterocycles. The second-order valence-electron chi connectivity index (χ2n) is 3.38. The van der Waals surface area contributed by atoms with Gasteiger partial charge in [0.05, 0.1) is 6.61 Å². The molecule has 0 spiro atoms. The largest absolute Gasteiger partial charge is 0.464 e. The Morgan fingerprint density at radius 1 is 1.47 bits per heavy atom. The zero-order chi connectivity index (χ0) is 12.7. The predicted molar refractivity (Wildman–Crippen MR) is 67.3 cm³/mol. The molecular weight excluding hydrogens is 216 g/mol. The third-order valence-electron chi connectivity index (χ3n) is 2.21. The van der Waals surface area contributed by atoms with Gasteiger partial charge in [-0.2, -0.15) is 0 Å². The molecule has 0 fully saturated rings. The van der Waals surface area contributed by atoms with E-state index in [1.165, 1.54) is 6.08 Å². The molecule has 0 bridgehead atoms. The minimum Gasteiger partial charge on any atom is -0.464 e. The molecule has 1 aromatic rings. The van der Waals surface area contributed by atoms with Crippen molar-refractivity contribution in [2.24, 2.45) is 0 Å². The summed E-state index contributed by atoms with van der Waals surface area (Å²) in [5.41, 5.74) is 1.26. The van der Waals surface area contributed by atoms with Gasteiger partial charge in [-0.05, 0) is 18.1 Å². The normalized spacial score (nSPS) is 12.9. The van der Waals surface area contributed by atoms with Crippen LogP contribution in [0.5, 0.6) is 0 Å². The van der Waals surface area contributed by atoms with Crippen LogP contribution in [0.25, 0.3) is 5.57 Å². The number of carbonyl (C=O) groups excluding carboxylic acids is 1. The van der Waals surface area contributed by atoms with Crippen LogP contribution in [0.3, 0.4) is 0 Å². The molecule has 3 nitrogen and oxygen atoms in total. The molecule has 1 aromatic carbocycles. The van der Waals surface area contributed by atoms with Crippen LogP contribution in [-0.4, -0.2) is 23.8 Å². The summed E-state index contributed by atoms with van der Waals surface area (Å²) in [5, 5.41) is 9.90. The number of carbonyl (C=O) groups is 1. The van der Waals surface area contributed by atoms with Crippen molar-refractivity contribution >= 4 is 11.5 Å². The van der Waals surface area contributed by atoms with Crippen molar-refractivity contribution in [3.63, 3.8) is 0 Å². The maximum Gasteiger partial charge on any atom is 0.339 e.